The van der Waals surface area contributed by atoms with Crippen LogP contribution < -0.4 is 0 Å². The fraction of sp³-hybridized carbons (Fsp3) is 0.486. The smallest absolute Gasteiger partial charge is 0.410 e. The number of nitrogens with one attached hydrogen (secondary N) is 2. The van der Waals surface area contributed by atoms with E-state index in [0.717, 1.165) is 17.5 Å². The number of aromatic amines is 2. The van der Waals surface area contributed by atoms with Crippen LogP contribution >= 0.6 is 0 Å². The van der Waals surface area contributed by atoms with Crippen molar-refractivity contribution in [3.63, 3.8) is 0 Å². The molecule has 0 aliphatic rings. The monoisotopic (exact) mass is 614 g/mol. The maximum atomic E-state index is 12.7. The van der Waals surface area contributed by atoms with Crippen LogP contribution in [0.4, 0.5) is 9.59 Å². The van der Waals surface area contributed by atoms with Crippen LogP contribution in [0.15, 0.2) is 36.7 Å². The Morgan fingerprint density at radius 2 is 1.18 bits per heavy atom. The highest BCUT2D eigenvalue weighted by Gasteiger charge is 2.24. The van der Waals surface area contributed by atoms with Gasteiger partial charge in [0, 0.05) is 24.2 Å². The maximum Gasteiger partial charge on any atom is 0.410 e. The molecule has 240 valence electrons. The van der Waals surface area contributed by atoms with Gasteiger partial charge in [-0.15, -0.1) is 0 Å². The zero-order chi connectivity index (χ0) is 33.2. The van der Waals surface area contributed by atoms with E-state index in [2.05, 4.69) is 57.5 Å². The van der Waals surface area contributed by atoms with E-state index in [1.165, 1.54) is 0 Å². The van der Waals surface area contributed by atoms with Gasteiger partial charge in [-0.3, -0.25) is 0 Å². The molecule has 0 saturated heterocycles. The summed E-state index contributed by atoms with van der Waals surface area (Å²) >= 11 is 0. The third-order valence-corrected chi connectivity index (χ3v) is 5.89. The fourth-order valence-corrected chi connectivity index (χ4v) is 4.09. The molecule has 0 aliphatic heterocycles. The van der Waals surface area contributed by atoms with Crippen molar-refractivity contribution in [2.75, 3.05) is 13.1 Å². The summed E-state index contributed by atoms with van der Waals surface area (Å²) in [5, 5.41) is 0. The van der Waals surface area contributed by atoms with Crippen molar-refractivity contribution >= 4 is 12.2 Å². The first-order valence-electron chi connectivity index (χ1n) is 15.3. The number of benzene rings is 1. The van der Waals surface area contributed by atoms with Gasteiger partial charge in [-0.1, -0.05) is 32.6 Å². The first-order chi connectivity index (χ1) is 21.1. The summed E-state index contributed by atoms with van der Waals surface area (Å²) in [6.07, 6.45) is 3.40. The van der Waals surface area contributed by atoms with Crippen molar-refractivity contribution in [3.05, 3.63) is 70.8 Å². The highest BCUT2D eigenvalue weighted by atomic mass is 16.6. The second kappa shape index (κ2) is 15.3. The average Bonchev–Trinajstić information content (AvgIpc) is 3.58. The summed E-state index contributed by atoms with van der Waals surface area (Å²) in [7, 11) is 0. The lowest BCUT2D eigenvalue weighted by atomic mass is 10.1. The minimum absolute atomic E-state index is 0.281. The topological polar surface area (TPSA) is 116 Å². The van der Waals surface area contributed by atoms with Gasteiger partial charge >= 0.3 is 12.2 Å². The molecule has 0 unspecified atom stereocenters. The van der Waals surface area contributed by atoms with E-state index in [-0.39, 0.29) is 18.1 Å². The molecule has 0 radical (unpaired) electrons. The largest absolute Gasteiger partial charge is 0.444 e. The summed E-state index contributed by atoms with van der Waals surface area (Å²) in [6.45, 7) is 19.0. The minimum atomic E-state index is -0.573. The van der Waals surface area contributed by atoms with Crippen LogP contribution in [-0.2, 0) is 22.6 Å². The first-order valence-corrected chi connectivity index (χ1v) is 15.3. The van der Waals surface area contributed by atoms with E-state index in [9.17, 15) is 9.59 Å². The second-order valence-corrected chi connectivity index (χ2v) is 13.2. The van der Waals surface area contributed by atoms with Crippen molar-refractivity contribution in [1.82, 2.24) is 29.7 Å². The lowest BCUT2D eigenvalue weighted by Crippen LogP contribution is -2.38. The van der Waals surface area contributed by atoms with Gasteiger partial charge in [0.05, 0.1) is 25.5 Å². The molecule has 10 nitrogen and oxygen atoms in total. The summed E-state index contributed by atoms with van der Waals surface area (Å²) in [6, 6.07) is 7.62. The third kappa shape index (κ3) is 12.4. The van der Waals surface area contributed by atoms with E-state index in [1.807, 2.05) is 72.7 Å². The van der Waals surface area contributed by atoms with Crippen LogP contribution in [0.5, 0.6) is 0 Å². The van der Waals surface area contributed by atoms with Crippen molar-refractivity contribution in [2.45, 2.75) is 93.0 Å². The Kier molecular flexibility index (Phi) is 11.9. The molecule has 3 aromatic rings. The number of ether oxygens (including phenoxy) is 2. The Labute approximate surface area is 267 Å². The van der Waals surface area contributed by atoms with E-state index in [4.69, 9.17) is 9.47 Å². The predicted octanol–water partition coefficient (Wildman–Crippen LogP) is 6.47. The molecule has 1 aromatic carbocycles. The Balaban J connectivity index is 1.61. The van der Waals surface area contributed by atoms with Gasteiger partial charge in [-0.2, -0.15) is 0 Å². The van der Waals surface area contributed by atoms with Gasteiger partial charge in [-0.05, 0) is 90.0 Å². The highest BCUT2D eigenvalue weighted by Crippen LogP contribution is 2.15. The van der Waals surface area contributed by atoms with Gasteiger partial charge in [0.2, 0.25) is 0 Å². The van der Waals surface area contributed by atoms with Crippen molar-refractivity contribution < 1.29 is 19.1 Å². The standard InChI is InChI=1S/C35H46N6O4/c1-10-19-40(32(42)44-34(4,5)6)23-30-36-20-28(38-30)17-15-26-11-13-27(14-12-26)16-18-29-21-37-31(39-29)24-41(22-25(2)3)33(43)45-35(7,8)9/h11-14,20-21,25H,10,19,22-24H2,1-9H3,(H,36,38)(H,37,39). The molecule has 2 amide bonds. The first kappa shape index (κ1) is 34.8. The maximum absolute atomic E-state index is 12.7. The van der Waals surface area contributed by atoms with Gasteiger partial charge in [0.25, 0.3) is 0 Å². The molecule has 0 fully saturated rings. The molecule has 0 atom stereocenters. The van der Waals surface area contributed by atoms with Crippen molar-refractivity contribution in [2.24, 2.45) is 5.92 Å². The molecule has 3 rings (SSSR count). The summed E-state index contributed by atoms with van der Waals surface area (Å²) in [5.74, 6) is 14.0. The average molecular weight is 615 g/mol. The highest BCUT2D eigenvalue weighted by molar-refractivity contribution is 5.68. The number of H-pyrrole nitrogens is 2. The number of imidazole rings is 2. The molecule has 2 aromatic heterocycles. The number of hydrogen-bond donors (Lipinski definition) is 2. The molecule has 0 aliphatic carbocycles. The molecule has 0 spiro atoms. The number of carbonyl (C=O) groups is 2. The van der Waals surface area contributed by atoms with Gasteiger partial charge in [-0.25, -0.2) is 19.6 Å². The Bertz CT molecular complexity index is 1550. The zero-order valence-electron chi connectivity index (χ0n) is 28.0. The number of aromatic nitrogens is 4. The fourth-order valence-electron chi connectivity index (χ4n) is 4.09. The number of rotatable bonds is 8. The number of amides is 2. The molecule has 45 heavy (non-hydrogen) atoms. The molecule has 2 heterocycles. The molecule has 0 bridgehead atoms. The third-order valence-electron chi connectivity index (χ3n) is 5.89. The van der Waals surface area contributed by atoms with Crippen LogP contribution in [0.3, 0.4) is 0 Å². The van der Waals surface area contributed by atoms with Crippen molar-refractivity contribution in [1.29, 1.82) is 0 Å². The molecular formula is C35H46N6O4. The number of nitrogens with zero attached hydrogens (tertiary/aromatic N) is 4. The quantitative estimate of drug-likeness (QED) is 0.281. The van der Waals surface area contributed by atoms with E-state index < -0.39 is 11.2 Å². The molecule has 2 N–H and O–H groups in total. The number of carbonyl (C=O) groups excluding carboxylic acids is 2. The Morgan fingerprint density at radius 1 is 0.756 bits per heavy atom. The molecule has 0 saturated carbocycles. The van der Waals surface area contributed by atoms with Crippen LogP contribution in [0.1, 0.15) is 103 Å². The lowest BCUT2D eigenvalue weighted by Gasteiger charge is -2.28. The summed E-state index contributed by atoms with van der Waals surface area (Å²) < 4.78 is 11.1. The summed E-state index contributed by atoms with van der Waals surface area (Å²) in [5.41, 5.74) is 1.83. The van der Waals surface area contributed by atoms with Crippen molar-refractivity contribution in [3.8, 4) is 23.7 Å². The molecule has 10 heteroatoms. The van der Waals surface area contributed by atoms with Crippen LogP contribution in [-0.4, -0.2) is 66.2 Å². The second-order valence-electron chi connectivity index (χ2n) is 13.2. The zero-order valence-corrected chi connectivity index (χ0v) is 28.0. The number of hydrogen-bond acceptors (Lipinski definition) is 6. The minimum Gasteiger partial charge on any atom is -0.444 e. The molecular weight excluding hydrogens is 568 g/mol. The van der Waals surface area contributed by atoms with E-state index in [0.29, 0.717) is 49.2 Å². The van der Waals surface area contributed by atoms with Crippen LogP contribution in [0, 0.1) is 29.6 Å². The van der Waals surface area contributed by atoms with E-state index >= 15 is 0 Å². The van der Waals surface area contributed by atoms with Crippen LogP contribution in [0.25, 0.3) is 0 Å². The van der Waals surface area contributed by atoms with E-state index in [1.54, 1.807) is 22.2 Å². The van der Waals surface area contributed by atoms with Gasteiger partial charge in [0.1, 0.15) is 34.2 Å². The Morgan fingerprint density at radius 3 is 1.58 bits per heavy atom. The Hall–Kier alpha value is -4.70. The van der Waals surface area contributed by atoms with Gasteiger partial charge < -0.3 is 29.2 Å². The normalized spacial score (nSPS) is 11.2. The SMILES string of the molecule is CCCN(Cc1ncc(C#Cc2ccc(C#Cc3cnc(CN(CC(C)C)C(=O)OC(C)(C)C)[nH]3)cc2)[nH]1)C(=O)OC(C)(C)C. The lowest BCUT2D eigenvalue weighted by molar-refractivity contribution is 0.0203. The van der Waals surface area contributed by atoms with Crippen LogP contribution in [0.2, 0.25) is 0 Å². The summed E-state index contributed by atoms with van der Waals surface area (Å²) in [4.78, 5) is 43.7. The van der Waals surface area contributed by atoms with Gasteiger partial charge in [0.15, 0.2) is 0 Å². The predicted molar refractivity (Wildman–Crippen MR) is 174 cm³/mol.